The van der Waals surface area contributed by atoms with Gasteiger partial charge in [0.25, 0.3) is 0 Å². The maximum atomic E-state index is 11.0. The summed E-state index contributed by atoms with van der Waals surface area (Å²) in [5.41, 5.74) is 1.93. The summed E-state index contributed by atoms with van der Waals surface area (Å²) in [7, 11) is 0. The average Bonchev–Trinajstić information content (AvgIpc) is 2.34. The molecule has 4 heteroatoms. The van der Waals surface area contributed by atoms with E-state index in [0.29, 0.717) is 0 Å². The second-order valence-corrected chi connectivity index (χ2v) is 4.61. The van der Waals surface area contributed by atoms with Crippen LogP contribution >= 0.6 is 0 Å². The molecular formula is C15H22O3Zr. The third-order valence-corrected chi connectivity index (χ3v) is 3.19. The van der Waals surface area contributed by atoms with Crippen LogP contribution in [0.1, 0.15) is 61.0 Å². The van der Waals surface area contributed by atoms with Crippen molar-refractivity contribution in [3.8, 4) is 5.75 Å². The molecule has 0 saturated carbocycles. The van der Waals surface area contributed by atoms with Crippen LogP contribution in [0.4, 0.5) is 0 Å². The Hall–Kier alpha value is -0.627. The smallest absolute Gasteiger partial charge is 0.339 e. The standard InChI is InChI=1S/C15H22O3.Zr/c1-3-5-7-11-9-10-13(15(17)18)14(16)12(11)8-6-4-2;/h9-10,16H,3-8H2,1-2H3,(H,17,18);. The van der Waals surface area contributed by atoms with Crippen LogP contribution in [0.25, 0.3) is 0 Å². The quantitative estimate of drug-likeness (QED) is 0.793. The Balaban J connectivity index is 0.00000324. The Morgan fingerprint density at radius 1 is 1.11 bits per heavy atom. The minimum atomic E-state index is -1.06. The fourth-order valence-electron chi connectivity index (χ4n) is 2.08. The first kappa shape index (κ1) is 18.4. The molecule has 0 saturated heterocycles. The van der Waals surface area contributed by atoms with Gasteiger partial charge in [-0.3, -0.25) is 0 Å². The molecule has 0 heterocycles. The third kappa shape index (κ3) is 5.10. The predicted octanol–water partition coefficient (Wildman–Crippen LogP) is 3.77. The van der Waals surface area contributed by atoms with E-state index in [1.165, 1.54) is 6.07 Å². The van der Waals surface area contributed by atoms with Gasteiger partial charge >= 0.3 is 5.97 Å². The number of rotatable bonds is 7. The molecule has 2 N–H and O–H groups in total. The molecule has 0 atom stereocenters. The Bertz CT molecular complexity index is 416. The van der Waals surface area contributed by atoms with E-state index >= 15 is 0 Å². The molecule has 0 aliphatic heterocycles. The number of hydrogen-bond donors (Lipinski definition) is 2. The summed E-state index contributed by atoms with van der Waals surface area (Å²) in [4.78, 5) is 11.0. The van der Waals surface area contributed by atoms with Gasteiger partial charge < -0.3 is 10.2 Å². The molecule has 0 bridgehead atoms. The zero-order valence-electron chi connectivity index (χ0n) is 11.7. The van der Waals surface area contributed by atoms with Gasteiger partial charge in [0.2, 0.25) is 0 Å². The molecule has 0 aliphatic carbocycles. The Morgan fingerprint density at radius 2 is 1.68 bits per heavy atom. The summed E-state index contributed by atoms with van der Waals surface area (Å²) in [6, 6.07) is 3.36. The molecule has 0 spiro atoms. The van der Waals surface area contributed by atoms with Crippen LogP contribution in [0.15, 0.2) is 12.1 Å². The van der Waals surface area contributed by atoms with Crippen molar-refractivity contribution in [2.75, 3.05) is 0 Å². The van der Waals surface area contributed by atoms with Crippen LogP contribution in [0, 0.1) is 0 Å². The van der Waals surface area contributed by atoms with Crippen LogP contribution in [0.2, 0.25) is 0 Å². The fourth-order valence-corrected chi connectivity index (χ4v) is 2.08. The molecule has 1 aromatic carbocycles. The van der Waals surface area contributed by atoms with E-state index in [1.54, 1.807) is 0 Å². The van der Waals surface area contributed by atoms with Crippen molar-refractivity contribution in [1.82, 2.24) is 0 Å². The van der Waals surface area contributed by atoms with E-state index in [-0.39, 0.29) is 37.5 Å². The normalized spacial score (nSPS) is 10.0. The molecule has 0 aromatic heterocycles. The fraction of sp³-hybridized carbons (Fsp3) is 0.533. The van der Waals surface area contributed by atoms with Crippen molar-refractivity contribution in [1.29, 1.82) is 0 Å². The number of carboxylic acid groups (broad SMARTS) is 1. The van der Waals surface area contributed by atoms with Crippen molar-refractivity contribution in [2.24, 2.45) is 0 Å². The number of phenols is 1. The number of aromatic carboxylic acids is 1. The molecule has 0 aliphatic rings. The molecule has 19 heavy (non-hydrogen) atoms. The van der Waals surface area contributed by atoms with Crippen LogP contribution < -0.4 is 0 Å². The summed E-state index contributed by atoms with van der Waals surface area (Å²) < 4.78 is 0. The van der Waals surface area contributed by atoms with Gasteiger partial charge in [0.15, 0.2) is 0 Å². The number of carbonyl (C=O) groups is 1. The number of carboxylic acids is 1. The number of aromatic hydroxyl groups is 1. The summed E-state index contributed by atoms with van der Waals surface area (Å²) in [6.45, 7) is 4.21. The van der Waals surface area contributed by atoms with Gasteiger partial charge in [-0.2, -0.15) is 0 Å². The third-order valence-electron chi connectivity index (χ3n) is 3.19. The van der Waals surface area contributed by atoms with Gasteiger partial charge in [-0.25, -0.2) is 4.79 Å². The van der Waals surface area contributed by atoms with Crippen molar-refractivity contribution in [3.05, 3.63) is 28.8 Å². The summed E-state index contributed by atoms with van der Waals surface area (Å²) in [5.74, 6) is -1.10. The average molecular weight is 342 g/mol. The summed E-state index contributed by atoms with van der Waals surface area (Å²) in [6.07, 6.45) is 5.81. The second kappa shape index (κ2) is 9.30. The van der Waals surface area contributed by atoms with Gasteiger partial charge in [-0.15, -0.1) is 0 Å². The monoisotopic (exact) mass is 340 g/mol. The maximum Gasteiger partial charge on any atom is 0.339 e. The first-order chi connectivity index (χ1) is 8.61. The largest absolute Gasteiger partial charge is 0.507 e. The van der Waals surface area contributed by atoms with Gasteiger partial charge in [-0.05, 0) is 42.9 Å². The Labute approximate surface area is 134 Å². The SMILES string of the molecule is CCCCc1ccc(C(=O)O)c(O)c1CCCC.[Zr]. The van der Waals surface area contributed by atoms with E-state index < -0.39 is 5.97 Å². The van der Waals surface area contributed by atoms with Crippen molar-refractivity contribution in [3.63, 3.8) is 0 Å². The summed E-state index contributed by atoms with van der Waals surface area (Å²) >= 11 is 0. The van der Waals surface area contributed by atoms with Crippen LogP contribution in [0.5, 0.6) is 5.75 Å². The first-order valence-electron chi connectivity index (χ1n) is 6.68. The molecule has 0 amide bonds. The van der Waals surface area contributed by atoms with Crippen molar-refractivity contribution in [2.45, 2.75) is 52.4 Å². The van der Waals surface area contributed by atoms with E-state index in [0.717, 1.165) is 49.7 Å². The molecule has 1 aromatic rings. The number of unbranched alkanes of at least 4 members (excludes halogenated alkanes) is 2. The van der Waals surface area contributed by atoms with Crippen LogP contribution in [0.3, 0.4) is 0 Å². The Morgan fingerprint density at radius 3 is 2.21 bits per heavy atom. The second-order valence-electron chi connectivity index (χ2n) is 4.61. The Kier molecular flexibility index (Phi) is 9.00. The number of aryl methyl sites for hydroxylation is 1. The molecule has 104 valence electrons. The molecule has 3 nitrogen and oxygen atoms in total. The zero-order valence-corrected chi connectivity index (χ0v) is 14.2. The van der Waals surface area contributed by atoms with E-state index in [4.69, 9.17) is 5.11 Å². The van der Waals surface area contributed by atoms with Crippen LogP contribution in [-0.2, 0) is 39.0 Å². The molecule has 0 radical (unpaired) electrons. The van der Waals surface area contributed by atoms with Crippen LogP contribution in [-0.4, -0.2) is 16.2 Å². The van der Waals surface area contributed by atoms with Crippen molar-refractivity contribution < 1.29 is 41.2 Å². The van der Waals surface area contributed by atoms with E-state index in [1.807, 2.05) is 6.07 Å². The minimum absolute atomic E-state index is 0. The van der Waals surface area contributed by atoms with Gasteiger partial charge in [0.05, 0.1) is 0 Å². The van der Waals surface area contributed by atoms with E-state index in [9.17, 15) is 9.90 Å². The van der Waals surface area contributed by atoms with Crippen molar-refractivity contribution >= 4 is 5.97 Å². The topological polar surface area (TPSA) is 57.5 Å². The zero-order chi connectivity index (χ0) is 13.5. The molecule has 1 rings (SSSR count). The van der Waals surface area contributed by atoms with Gasteiger partial charge in [0.1, 0.15) is 11.3 Å². The number of benzene rings is 1. The van der Waals surface area contributed by atoms with Gasteiger partial charge in [0, 0.05) is 26.2 Å². The maximum absolute atomic E-state index is 11.0. The van der Waals surface area contributed by atoms with Gasteiger partial charge in [-0.1, -0.05) is 32.8 Å². The molecule has 0 fully saturated rings. The first-order valence-corrected chi connectivity index (χ1v) is 6.68. The minimum Gasteiger partial charge on any atom is -0.507 e. The predicted molar refractivity (Wildman–Crippen MR) is 72.3 cm³/mol. The number of hydrogen-bond acceptors (Lipinski definition) is 2. The van der Waals surface area contributed by atoms with E-state index in [2.05, 4.69) is 13.8 Å². The summed E-state index contributed by atoms with van der Waals surface area (Å²) in [5, 5.41) is 19.1. The molecular weight excluding hydrogens is 319 g/mol. The molecule has 0 unspecified atom stereocenters.